The number of furan rings is 1. The van der Waals surface area contributed by atoms with Gasteiger partial charge in [0.15, 0.2) is 17.5 Å². The Balaban J connectivity index is 1.17. The van der Waals surface area contributed by atoms with Gasteiger partial charge < -0.3 is 4.42 Å². The fourth-order valence-corrected chi connectivity index (χ4v) is 9.00. The largest absolute Gasteiger partial charge is 0.455 e. The first-order valence-electron chi connectivity index (χ1n) is 18.0. The third kappa shape index (κ3) is 4.94. The van der Waals surface area contributed by atoms with Gasteiger partial charge in [-0.05, 0) is 58.0 Å². The van der Waals surface area contributed by atoms with Crippen LogP contribution in [0.15, 0.2) is 180 Å². The van der Waals surface area contributed by atoms with Crippen molar-refractivity contribution in [2.75, 3.05) is 0 Å². The summed E-state index contributed by atoms with van der Waals surface area (Å²) in [4.78, 5) is 15.7. The lowest BCUT2D eigenvalue weighted by Gasteiger charge is -2.10. The van der Waals surface area contributed by atoms with E-state index in [-0.39, 0.29) is 0 Å². The van der Waals surface area contributed by atoms with Crippen molar-refractivity contribution < 1.29 is 4.42 Å². The zero-order valence-electron chi connectivity index (χ0n) is 28.9. The van der Waals surface area contributed by atoms with Crippen LogP contribution in [0.2, 0.25) is 0 Å². The molecule has 8 aromatic carbocycles. The number of thiophene rings is 1. The molecule has 54 heavy (non-hydrogen) atoms. The molecule has 4 nitrogen and oxygen atoms in total. The maximum atomic E-state index is 6.92. The summed E-state index contributed by atoms with van der Waals surface area (Å²) in [6, 6.07) is 61.4. The second-order valence-electron chi connectivity index (χ2n) is 13.5. The summed E-state index contributed by atoms with van der Waals surface area (Å²) in [5, 5.41) is 6.73. The predicted molar refractivity (Wildman–Crippen MR) is 225 cm³/mol. The van der Waals surface area contributed by atoms with Gasteiger partial charge in [-0.3, -0.25) is 0 Å². The van der Waals surface area contributed by atoms with Crippen molar-refractivity contribution in [2.24, 2.45) is 0 Å². The van der Waals surface area contributed by atoms with Crippen LogP contribution in [-0.4, -0.2) is 15.0 Å². The Morgan fingerprint density at radius 3 is 1.70 bits per heavy atom. The fraction of sp³-hybridized carbons (Fsp3) is 0. The molecule has 0 aliphatic carbocycles. The SMILES string of the molecule is c1ccc(-c2cccc(-c3nc(-c4cccc5c4oc4c6ccccc6c(-c6ccccc6)cc54)nc(-c4cccc5c4sc4ccccc45)n3)c2)cc1. The van der Waals surface area contributed by atoms with Crippen LogP contribution in [0, 0.1) is 0 Å². The molecule has 0 spiro atoms. The van der Waals surface area contributed by atoms with Crippen molar-refractivity contribution in [2.45, 2.75) is 0 Å². The minimum Gasteiger partial charge on any atom is -0.455 e. The summed E-state index contributed by atoms with van der Waals surface area (Å²) < 4.78 is 9.31. The van der Waals surface area contributed by atoms with Gasteiger partial charge in [-0.2, -0.15) is 0 Å². The van der Waals surface area contributed by atoms with Gasteiger partial charge in [0.2, 0.25) is 0 Å². The summed E-state index contributed by atoms with van der Waals surface area (Å²) in [6.07, 6.45) is 0. The molecule has 0 fully saturated rings. The Morgan fingerprint density at radius 1 is 0.333 bits per heavy atom. The first kappa shape index (κ1) is 30.7. The van der Waals surface area contributed by atoms with Crippen LogP contribution < -0.4 is 0 Å². The van der Waals surface area contributed by atoms with Crippen molar-refractivity contribution in [3.8, 4) is 56.4 Å². The van der Waals surface area contributed by atoms with E-state index in [0.717, 1.165) is 65.2 Å². The molecule has 0 radical (unpaired) electrons. The second kappa shape index (κ2) is 12.3. The molecule has 0 atom stereocenters. The molecule has 0 aliphatic rings. The molecular weight excluding hydrogens is 679 g/mol. The molecule has 0 saturated heterocycles. The molecule has 0 amide bonds. The standard InChI is InChI=1S/C49H29N3OS/c1-3-14-30(15-4-1)32-18-11-19-33(28-32)47-50-48(52-49(51-47)40-26-13-24-38-35-21-9-10-27-43(35)54-46(38)40)39-25-12-23-37-42-29-41(31-16-5-2-6-17-31)34-20-7-8-22-36(34)45(42)53-44(37)39/h1-29H. The molecule has 11 rings (SSSR count). The Bertz CT molecular complexity index is 3220. The maximum Gasteiger partial charge on any atom is 0.167 e. The number of fused-ring (bicyclic) bond motifs is 8. The minimum absolute atomic E-state index is 0.565. The fourth-order valence-electron chi connectivity index (χ4n) is 7.79. The highest BCUT2D eigenvalue weighted by Crippen LogP contribution is 2.43. The topological polar surface area (TPSA) is 51.8 Å². The molecule has 0 unspecified atom stereocenters. The van der Waals surface area contributed by atoms with Crippen LogP contribution in [0.5, 0.6) is 0 Å². The quantitative estimate of drug-likeness (QED) is 0.179. The minimum atomic E-state index is 0.565. The van der Waals surface area contributed by atoms with E-state index < -0.39 is 0 Å². The molecular formula is C49H29N3OS. The number of para-hydroxylation sites is 1. The molecule has 0 aliphatic heterocycles. The van der Waals surface area contributed by atoms with Gasteiger partial charge in [-0.25, -0.2) is 15.0 Å². The third-order valence-corrected chi connectivity index (χ3v) is 11.6. The number of aromatic nitrogens is 3. The molecule has 0 saturated carbocycles. The van der Waals surface area contributed by atoms with Crippen molar-refractivity contribution >= 4 is 64.2 Å². The summed E-state index contributed by atoms with van der Waals surface area (Å²) in [6.45, 7) is 0. The van der Waals surface area contributed by atoms with Crippen molar-refractivity contribution in [1.82, 2.24) is 15.0 Å². The van der Waals surface area contributed by atoms with Crippen molar-refractivity contribution in [3.05, 3.63) is 176 Å². The molecule has 0 N–H and O–H groups in total. The van der Waals surface area contributed by atoms with E-state index in [1.165, 1.54) is 26.6 Å². The smallest absolute Gasteiger partial charge is 0.167 e. The number of rotatable bonds is 5. The lowest BCUT2D eigenvalue weighted by molar-refractivity contribution is 0.673. The summed E-state index contributed by atoms with van der Waals surface area (Å²) in [5.41, 5.74) is 8.90. The Kier molecular flexibility index (Phi) is 7.00. The Morgan fingerprint density at radius 2 is 0.889 bits per heavy atom. The summed E-state index contributed by atoms with van der Waals surface area (Å²) in [7, 11) is 0. The van der Waals surface area contributed by atoms with Gasteiger partial charge in [-0.1, -0.05) is 146 Å². The van der Waals surface area contributed by atoms with Gasteiger partial charge in [-0.15, -0.1) is 11.3 Å². The van der Waals surface area contributed by atoms with Gasteiger partial charge in [0.25, 0.3) is 0 Å². The first-order chi connectivity index (χ1) is 26.8. The van der Waals surface area contributed by atoms with Crippen LogP contribution in [0.1, 0.15) is 0 Å². The normalized spacial score (nSPS) is 11.7. The predicted octanol–water partition coefficient (Wildman–Crippen LogP) is 13.6. The summed E-state index contributed by atoms with van der Waals surface area (Å²) >= 11 is 1.77. The van der Waals surface area contributed by atoms with Crippen LogP contribution in [0.3, 0.4) is 0 Å². The lowest BCUT2D eigenvalue weighted by atomic mass is 9.95. The Hall–Kier alpha value is -6.95. The molecule has 252 valence electrons. The molecule has 11 aromatic rings. The van der Waals surface area contributed by atoms with E-state index in [9.17, 15) is 0 Å². The van der Waals surface area contributed by atoms with Gasteiger partial charge in [0, 0.05) is 47.5 Å². The van der Waals surface area contributed by atoms with E-state index >= 15 is 0 Å². The van der Waals surface area contributed by atoms with Crippen LogP contribution in [0.4, 0.5) is 0 Å². The highest BCUT2D eigenvalue weighted by molar-refractivity contribution is 7.26. The zero-order valence-corrected chi connectivity index (χ0v) is 29.7. The number of nitrogens with zero attached hydrogens (tertiary/aromatic N) is 3. The monoisotopic (exact) mass is 707 g/mol. The zero-order chi connectivity index (χ0) is 35.6. The van der Waals surface area contributed by atoms with Crippen LogP contribution >= 0.6 is 11.3 Å². The van der Waals surface area contributed by atoms with E-state index in [2.05, 4.69) is 170 Å². The van der Waals surface area contributed by atoms with Gasteiger partial charge in [0.05, 0.1) is 5.56 Å². The average Bonchev–Trinajstić information content (AvgIpc) is 3.83. The van der Waals surface area contributed by atoms with Crippen molar-refractivity contribution in [3.63, 3.8) is 0 Å². The van der Waals surface area contributed by atoms with Crippen LogP contribution in [-0.2, 0) is 0 Å². The number of hydrogen-bond acceptors (Lipinski definition) is 5. The lowest BCUT2D eigenvalue weighted by Crippen LogP contribution is -2.00. The highest BCUT2D eigenvalue weighted by Gasteiger charge is 2.21. The molecule has 5 heteroatoms. The van der Waals surface area contributed by atoms with Gasteiger partial charge in [0.1, 0.15) is 11.2 Å². The molecule has 3 heterocycles. The number of hydrogen-bond donors (Lipinski definition) is 0. The second-order valence-corrected chi connectivity index (χ2v) is 14.6. The maximum absolute atomic E-state index is 6.92. The van der Waals surface area contributed by atoms with E-state index in [4.69, 9.17) is 19.4 Å². The molecule has 3 aromatic heterocycles. The average molecular weight is 708 g/mol. The summed E-state index contributed by atoms with van der Waals surface area (Å²) in [5.74, 6) is 1.80. The molecule has 0 bridgehead atoms. The third-order valence-electron chi connectivity index (χ3n) is 10.3. The highest BCUT2D eigenvalue weighted by atomic mass is 32.1. The van der Waals surface area contributed by atoms with Gasteiger partial charge >= 0.3 is 0 Å². The number of benzene rings is 8. The van der Waals surface area contributed by atoms with E-state index in [1.807, 2.05) is 6.07 Å². The van der Waals surface area contributed by atoms with Crippen molar-refractivity contribution in [1.29, 1.82) is 0 Å². The first-order valence-corrected chi connectivity index (χ1v) is 18.8. The van der Waals surface area contributed by atoms with Crippen LogP contribution in [0.25, 0.3) is 109 Å². The van der Waals surface area contributed by atoms with E-state index in [1.54, 1.807) is 11.3 Å². The van der Waals surface area contributed by atoms with E-state index in [0.29, 0.717) is 17.5 Å². The Labute approximate surface area is 314 Å².